The first-order valence-corrected chi connectivity index (χ1v) is 32.2. The number of ether oxygens (including phenoxy) is 6. The molecule has 6 aromatic rings. The van der Waals surface area contributed by atoms with Crippen LogP contribution in [-0.2, 0) is 76.9 Å². The Morgan fingerprint density at radius 1 is 0.324 bits per heavy atom. The molecule has 0 N–H and O–H groups in total. The molecule has 74 heavy (non-hydrogen) atoms. The van der Waals surface area contributed by atoms with Gasteiger partial charge in [0.1, 0.15) is 36.6 Å². The van der Waals surface area contributed by atoms with Gasteiger partial charge in [-0.25, -0.2) is 0 Å². The van der Waals surface area contributed by atoms with Crippen LogP contribution in [0.1, 0.15) is 74.9 Å². The van der Waals surface area contributed by atoms with Crippen molar-refractivity contribution < 1.29 is 37.3 Å². The molecule has 10 heteroatoms. The summed E-state index contributed by atoms with van der Waals surface area (Å²) in [5, 5.41) is -0.0715. The van der Waals surface area contributed by atoms with Gasteiger partial charge in [0.05, 0.1) is 52.9 Å². The summed E-state index contributed by atoms with van der Waals surface area (Å²) in [5.74, 6) is 0. The molecule has 8 nitrogen and oxygen atoms in total. The van der Waals surface area contributed by atoms with Crippen LogP contribution in [0, 0.1) is 0 Å². The average molecular weight is 1040 g/mol. The predicted octanol–water partition coefficient (Wildman–Crippen LogP) is 15.1. The lowest BCUT2D eigenvalue weighted by Gasteiger charge is -2.40. The molecule has 6 atom stereocenters. The smallest absolute Gasteiger partial charge is 0.192 e. The average Bonchev–Trinajstić information content (AvgIpc) is 3.40. The molecule has 0 aliphatic carbocycles. The highest BCUT2D eigenvalue weighted by Gasteiger charge is 2.42. The van der Waals surface area contributed by atoms with Crippen LogP contribution in [-0.4, -0.2) is 66.5 Å². The molecule has 0 unspecified atom stereocenters. The number of benzene rings is 6. The third-order valence-electron chi connectivity index (χ3n) is 14.5. The van der Waals surface area contributed by atoms with Crippen molar-refractivity contribution in [2.75, 3.05) is 13.2 Å². The largest absolute Gasteiger partial charge is 0.414 e. The number of rotatable bonds is 30. The van der Waals surface area contributed by atoms with E-state index in [2.05, 4.69) is 153 Å². The molecule has 0 amide bonds. The summed E-state index contributed by atoms with van der Waals surface area (Å²) in [6.07, 6.45) is 0.491. The Hall–Kier alpha value is -4.83. The van der Waals surface area contributed by atoms with E-state index in [1.807, 2.05) is 109 Å². The van der Waals surface area contributed by atoms with E-state index in [4.69, 9.17) is 37.3 Å². The fraction of sp³-hybridized carbons (Fsp3) is 0.406. The molecule has 0 radical (unpaired) electrons. The van der Waals surface area contributed by atoms with Crippen molar-refractivity contribution in [2.45, 2.75) is 154 Å². The van der Waals surface area contributed by atoms with Gasteiger partial charge in [0, 0.05) is 0 Å². The standard InChI is InChI=1S/C64H84O8Si2/c1-63(2,3)73(7,8)71-49-59(67-45-53-33-21-13-22-34-53)61(69-47-55-37-25-15-26-38-55)57(65-43-51-29-17-11-18-30-51)41-42-58(66-44-52-31-19-12-20-32-52)62(70-48-56-39-27-16-28-40-56)60(50-72-74(9,10)64(4,5)6)68-46-54-35-23-14-24-36-54/h11-42,57-62H,43-50H2,1-10H3/b42-41+/t57-,58-,59+,60+,61+,62+/m1/s1. The first-order chi connectivity index (χ1) is 35.5. The fourth-order valence-corrected chi connectivity index (χ4v) is 9.71. The van der Waals surface area contributed by atoms with E-state index in [-0.39, 0.29) is 10.1 Å². The van der Waals surface area contributed by atoms with E-state index in [0.717, 1.165) is 33.4 Å². The summed E-state index contributed by atoms with van der Waals surface area (Å²) in [6.45, 7) is 25.3. The fourth-order valence-electron chi connectivity index (χ4n) is 7.68. The van der Waals surface area contributed by atoms with Gasteiger partial charge in [-0.3, -0.25) is 0 Å². The number of hydrogen-bond acceptors (Lipinski definition) is 8. The molecule has 0 saturated heterocycles. The van der Waals surface area contributed by atoms with Crippen LogP contribution in [0.2, 0.25) is 36.3 Å². The van der Waals surface area contributed by atoms with Gasteiger partial charge in [-0.1, -0.05) is 236 Å². The third kappa shape index (κ3) is 19.1. The van der Waals surface area contributed by atoms with Crippen LogP contribution < -0.4 is 0 Å². The van der Waals surface area contributed by atoms with E-state index in [0.29, 0.717) is 52.9 Å². The lowest BCUT2D eigenvalue weighted by atomic mass is 10.0. The first-order valence-electron chi connectivity index (χ1n) is 26.4. The van der Waals surface area contributed by atoms with Crippen molar-refractivity contribution in [2.24, 2.45) is 0 Å². The topological polar surface area (TPSA) is 73.8 Å². The van der Waals surface area contributed by atoms with E-state index in [1.54, 1.807) is 0 Å². The van der Waals surface area contributed by atoms with Gasteiger partial charge in [0.25, 0.3) is 0 Å². The highest BCUT2D eigenvalue weighted by molar-refractivity contribution is 6.74. The van der Waals surface area contributed by atoms with Crippen LogP contribution in [0.4, 0.5) is 0 Å². The second-order valence-corrected chi connectivity index (χ2v) is 31.9. The molecule has 0 fully saturated rings. The van der Waals surface area contributed by atoms with Gasteiger partial charge in [0.15, 0.2) is 16.6 Å². The van der Waals surface area contributed by atoms with Gasteiger partial charge >= 0.3 is 0 Å². The second-order valence-electron chi connectivity index (χ2n) is 22.2. The summed E-state index contributed by atoms with van der Waals surface area (Å²) in [6, 6.07) is 61.6. The molecular weight excluding hydrogens is 953 g/mol. The zero-order chi connectivity index (χ0) is 52.9. The maximum atomic E-state index is 7.17. The quantitative estimate of drug-likeness (QED) is 0.0326. The van der Waals surface area contributed by atoms with Gasteiger partial charge in [0.2, 0.25) is 0 Å². The first kappa shape index (κ1) is 58.4. The molecule has 0 bridgehead atoms. The highest BCUT2D eigenvalue weighted by Crippen LogP contribution is 2.38. The zero-order valence-corrected chi connectivity index (χ0v) is 47.9. The Morgan fingerprint density at radius 2 is 0.541 bits per heavy atom. The van der Waals surface area contributed by atoms with Crippen molar-refractivity contribution in [3.8, 4) is 0 Å². The molecule has 396 valence electrons. The molecule has 0 heterocycles. The van der Waals surface area contributed by atoms with Crippen molar-refractivity contribution in [1.29, 1.82) is 0 Å². The number of hydrogen-bond donors (Lipinski definition) is 0. The van der Waals surface area contributed by atoms with Crippen LogP contribution >= 0.6 is 0 Å². The van der Waals surface area contributed by atoms with Gasteiger partial charge in [-0.05, 0) is 69.6 Å². The maximum absolute atomic E-state index is 7.17. The normalized spacial score (nSPS) is 15.1. The monoisotopic (exact) mass is 1040 g/mol. The predicted molar refractivity (Wildman–Crippen MR) is 306 cm³/mol. The maximum Gasteiger partial charge on any atom is 0.192 e. The Morgan fingerprint density at radius 3 is 0.770 bits per heavy atom. The van der Waals surface area contributed by atoms with Crippen LogP contribution in [0.3, 0.4) is 0 Å². The molecular formula is C64H84O8Si2. The van der Waals surface area contributed by atoms with Gasteiger partial charge < -0.3 is 37.3 Å². The lowest BCUT2D eigenvalue weighted by molar-refractivity contribution is -0.152. The van der Waals surface area contributed by atoms with Crippen LogP contribution in [0.15, 0.2) is 194 Å². The summed E-state index contributed by atoms with van der Waals surface area (Å²) < 4.78 is 56.9. The Balaban J connectivity index is 1.49. The Bertz CT molecular complexity index is 2290. The van der Waals surface area contributed by atoms with E-state index < -0.39 is 53.3 Å². The van der Waals surface area contributed by atoms with E-state index in [1.165, 1.54) is 0 Å². The molecule has 6 rings (SSSR count). The lowest BCUT2D eigenvalue weighted by Crippen LogP contribution is -2.49. The zero-order valence-electron chi connectivity index (χ0n) is 45.9. The second kappa shape index (κ2) is 28.9. The van der Waals surface area contributed by atoms with Crippen molar-refractivity contribution in [3.05, 3.63) is 228 Å². The summed E-state index contributed by atoms with van der Waals surface area (Å²) >= 11 is 0. The minimum Gasteiger partial charge on any atom is -0.414 e. The third-order valence-corrected chi connectivity index (χ3v) is 23.5. The summed E-state index contributed by atoms with van der Waals surface area (Å²) in [7, 11) is -4.56. The molecule has 0 aromatic heterocycles. The Labute approximate surface area is 446 Å². The molecule has 0 saturated carbocycles. The molecule has 0 spiro atoms. The van der Waals surface area contributed by atoms with E-state index in [9.17, 15) is 0 Å². The molecule has 0 aliphatic heterocycles. The van der Waals surface area contributed by atoms with Gasteiger partial charge in [-0.15, -0.1) is 0 Å². The van der Waals surface area contributed by atoms with Crippen molar-refractivity contribution >= 4 is 16.6 Å². The SMILES string of the molecule is CC(C)(C)[Si](C)(C)OC[C@H](OCc1ccccc1)[C@@H](OCc1ccccc1)[C@@H](/C=C/[C@@H](OCc1ccccc1)[C@H](OCc1ccccc1)[C@H](CO[Si](C)(C)C(C)(C)C)OCc1ccccc1)OCc1ccccc1. The van der Waals surface area contributed by atoms with Crippen molar-refractivity contribution in [3.63, 3.8) is 0 Å². The molecule has 6 aromatic carbocycles. The Kier molecular flexibility index (Phi) is 22.8. The summed E-state index contributed by atoms with van der Waals surface area (Å²) in [4.78, 5) is 0. The minimum absolute atomic E-state index is 0.0357. The van der Waals surface area contributed by atoms with Gasteiger partial charge in [-0.2, -0.15) is 0 Å². The van der Waals surface area contributed by atoms with Crippen molar-refractivity contribution in [1.82, 2.24) is 0 Å². The molecule has 0 aliphatic rings. The summed E-state index contributed by atoms with van der Waals surface area (Å²) in [5.41, 5.74) is 6.24. The minimum atomic E-state index is -2.28. The highest BCUT2D eigenvalue weighted by atomic mass is 28.4. The van der Waals surface area contributed by atoms with Crippen LogP contribution in [0.25, 0.3) is 0 Å². The van der Waals surface area contributed by atoms with E-state index >= 15 is 0 Å². The van der Waals surface area contributed by atoms with Crippen LogP contribution in [0.5, 0.6) is 0 Å².